The minimum atomic E-state index is 0.221. The lowest BCUT2D eigenvalue weighted by Crippen LogP contribution is -2.16. The third-order valence-corrected chi connectivity index (χ3v) is 5.80. The molecule has 1 aliphatic carbocycles. The summed E-state index contributed by atoms with van der Waals surface area (Å²) in [5, 5.41) is 4.72. The van der Waals surface area contributed by atoms with Crippen LogP contribution in [0.4, 0.5) is 5.69 Å². The lowest BCUT2D eigenvalue weighted by molar-refractivity contribution is 0.609. The molecule has 0 spiro atoms. The van der Waals surface area contributed by atoms with E-state index in [1.165, 1.54) is 10.4 Å². The van der Waals surface area contributed by atoms with Crippen molar-refractivity contribution in [3.05, 3.63) is 47.5 Å². The van der Waals surface area contributed by atoms with E-state index < -0.39 is 0 Å². The summed E-state index contributed by atoms with van der Waals surface area (Å²) >= 11 is 23.8. The Balaban J connectivity index is 1.93. The van der Waals surface area contributed by atoms with E-state index >= 15 is 0 Å². The standard InChI is InChI=1S/C14H11BrCl3NS/c15-7-4-9(16)14(10(17)5-7)19-11-2-1-3-12-8(11)6-13(18)20-12/h4-6,11,19H,1-3H2. The van der Waals surface area contributed by atoms with Gasteiger partial charge in [-0.15, -0.1) is 11.3 Å². The number of hydrogen-bond acceptors (Lipinski definition) is 2. The highest BCUT2D eigenvalue weighted by Gasteiger charge is 2.24. The number of fused-ring (bicyclic) bond motifs is 1. The molecule has 0 fully saturated rings. The smallest absolute Gasteiger partial charge is 0.0934 e. The van der Waals surface area contributed by atoms with Gasteiger partial charge in [-0.1, -0.05) is 50.7 Å². The highest BCUT2D eigenvalue weighted by molar-refractivity contribution is 9.10. The fourth-order valence-electron chi connectivity index (χ4n) is 2.53. The maximum absolute atomic E-state index is 6.29. The molecule has 2 aromatic rings. The second-order valence-corrected chi connectivity index (χ2v) is 8.26. The number of halogens is 4. The van der Waals surface area contributed by atoms with E-state index in [1.54, 1.807) is 11.3 Å². The third-order valence-electron chi connectivity index (χ3n) is 3.41. The van der Waals surface area contributed by atoms with Gasteiger partial charge in [-0.3, -0.25) is 0 Å². The highest BCUT2D eigenvalue weighted by Crippen LogP contribution is 2.42. The molecule has 20 heavy (non-hydrogen) atoms. The predicted molar refractivity (Wildman–Crippen MR) is 92.8 cm³/mol. The molecule has 1 heterocycles. The van der Waals surface area contributed by atoms with Gasteiger partial charge in [-0.05, 0) is 43.0 Å². The normalized spacial score (nSPS) is 17.9. The summed E-state index contributed by atoms with van der Waals surface area (Å²) < 4.78 is 1.72. The molecule has 1 aliphatic rings. The average molecular weight is 412 g/mol. The van der Waals surface area contributed by atoms with Gasteiger partial charge >= 0.3 is 0 Å². The number of aryl methyl sites for hydroxylation is 1. The van der Waals surface area contributed by atoms with Crippen molar-refractivity contribution in [1.29, 1.82) is 0 Å². The van der Waals surface area contributed by atoms with Gasteiger partial charge < -0.3 is 5.32 Å². The summed E-state index contributed by atoms with van der Waals surface area (Å²) in [5.74, 6) is 0. The zero-order chi connectivity index (χ0) is 14.3. The van der Waals surface area contributed by atoms with Crippen LogP contribution in [0.2, 0.25) is 14.4 Å². The lowest BCUT2D eigenvalue weighted by atomic mass is 9.94. The van der Waals surface area contributed by atoms with Crippen molar-refractivity contribution < 1.29 is 0 Å². The minimum absolute atomic E-state index is 0.221. The Morgan fingerprint density at radius 3 is 2.55 bits per heavy atom. The van der Waals surface area contributed by atoms with Crippen LogP contribution in [0.15, 0.2) is 22.7 Å². The number of anilines is 1. The molecule has 0 amide bonds. The van der Waals surface area contributed by atoms with Crippen molar-refractivity contribution in [2.75, 3.05) is 5.32 Å². The molecule has 1 nitrogen and oxygen atoms in total. The van der Waals surface area contributed by atoms with Gasteiger partial charge in [-0.25, -0.2) is 0 Å². The van der Waals surface area contributed by atoms with Crippen molar-refractivity contribution in [3.8, 4) is 0 Å². The van der Waals surface area contributed by atoms with E-state index in [0.29, 0.717) is 10.0 Å². The van der Waals surface area contributed by atoms with Crippen molar-refractivity contribution in [1.82, 2.24) is 0 Å². The summed E-state index contributed by atoms with van der Waals surface area (Å²) in [6, 6.07) is 5.97. The van der Waals surface area contributed by atoms with Crippen molar-refractivity contribution in [2.45, 2.75) is 25.3 Å². The molecule has 0 saturated heterocycles. The fourth-order valence-corrected chi connectivity index (χ4v) is 5.23. The van der Waals surface area contributed by atoms with E-state index in [-0.39, 0.29) is 6.04 Å². The van der Waals surface area contributed by atoms with Crippen LogP contribution in [-0.2, 0) is 6.42 Å². The van der Waals surface area contributed by atoms with E-state index in [0.717, 1.165) is 33.8 Å². The molecular weight excluding hydrogens is 400 g/mol. The van der Waals surface area contributed by atoms with Crippen LogP contribution in [0.1, 0.15) is 29.3 Å². The summed E-state index contributed by atoms with van der Waals surface area (Å²) in [6.07, 6.45) is 3.31. The van der Waals surface area contributed by atoms with Crippen molar-refractivity contribution in [2.24, 2.45) is 0 Å². The van der Waals surface area contributed by atoms with E-state index in [4.69, 9.17) is 34.8 Å². The molecule has 1 aromatic heterocycles. The third kappa shape index (κ3) is 2.97. The second-order valence-electron chi connectivity index (χ2n) is 4.76. The van der Waals surface area contributed by atoms with Crippen LogP contribution < -0.4 is 5.32 Å². The summed E-state index contributed by atoms with van der Waals surface area (Å²) in [4.78, 5) is 1.36. The molecule has 0 bridgehead atoms. The number of benzene rings is 1. The molecule has 0 saturated carbocycles. The Morgan fingerprint density at radius 2 is 1.85 bits per heavy atom. The molecule has 1 aromatic carbocycles. The van der Waals surface area contributed by atoms with Gasteiger partial charge in [0.05, 0.1) is 26.1 Å². The van der Waals surface area contributed by atoms with Crippen LogP contribution in [0, 0.1) is 0 Å². The first-order valence-corrected chi connectivity index (χ1v) is 8.98. The molecular formula is C14H11BrCl3NS. The Kier molecular flexibility index (Phi) is 4.54. The van der Waals surface area contributed by atoms with Crippen LogP contribution in [0.25, 0.3) is 0 Å². The Morgan fingerprint density at radius 1 is 1.15 bits per heavy atom. The number of thiophene rings is 1. The zero-order valence-electron chi connectivity index (χ0n) is 10.4. The SMILES string of the molecule is Clc1cc2c(s1)CCCC2Nc1c(Cl)cc(Br)cc1Cl. The quantitative estimate of drug-likeness (QED) is 0.563. The monoisotopic (exact) mass is 409 g/mol. The summed E-state index contributed by atoms with van der Waals surface area (Å²) in [7, 11) is 0. The van der Waals surface area contributed by atoms with Gasteiger partial charge in [0.2, 0.25) is 0 Å². The summed E-state index contributed by atoms with van der Waals surface area (Å²) in [5.41, 5.74) is 2.07. The Bertz CT molecular complexity index is 633. The zero-order valence-corrected chi connectivity index (χ0v) is 15.0. The number of rotatable bonds is 2. The van der Waals surface area contributed by atoms with Crippen LogP contribution >= 0.6 is 62.1 Å². The second kappa shape index (κ2) is 6.05. The predicted octanol–water partition coefficient (Wildman–Crippen LogP) is 6.96. The molecule has 1 unspecified atom stereocenters. The molecule has 106 valence electrons. The maximum atomic E-state index is 6.29. The van der Waals surface area contributed by atoms with E-state index in [2.05, 4.69) is 27.3 Å². The van der Waals surface area contributed by atoms with Crippen molar-refractivity contribution in [3.63, 3.8) is 0 Å². The Hall–Kier alpha value is 0.0700. The van der Waals surface area contributed by atoms with E-state index in [1.807, 2.05) is 12.1 Å². The van der Waals surface area contributed by atoms with Crippen molar-refractivity contribution >= 4 is 67.8 Å². The highest BCUT2D eigenvalue weighted by atomic mass is 79.9. The van der Waals surface area contributed by atoms with Crippen LogP contribution in [0.3, 0.4) is 0 Å². The summed E-state index contributed by atoms with van der Waals surface area (Å²) in [6.45, 7) is 0. The van der Waals surface area contributed by atoms with Gasteiger partial charge in [0.1, 0.15) is 0 Å². The first kappa shape index (κ1) is 15.0. The Labute approximate surface area is 145 Å². The molecule has 3 rings (SSSR count). The minimum Gasteiger partial charge on any atom is -0.376 e. The van der Waals surface area contributed by atoms with Gasteiger partial charge in [-0.2, -0.15) is 0 Å². The first-order chi connectivity index (χ1) is 9.54. The number of nitrogens with one attached hydrogen (secondary N) is 1. The fraction of sp³-hybridized carbons (Fsp3) is 0.286. The molecule has 1 atom stereocenters. The molecule has 1 N–H and O–H groups in total. The lowest BCUT2D eigenvalue weighted by Gasteiger charge is -2.25. The average Bonchev–Trinajstić information content (AvgIpc) is 2.74. The van der Waals surface area contributed by atoms with Crippen LogP contribution in [-0.4, -0.2) is 0 Å². The molecule has 0 aliphatic heterocycles. The molecule has 6 heteroatoms. The topological polar surface area (TPSA) is 12.0 Å². The van der Waals surface area contributed by atoms with E-state index in [9.17, 15) is 0 Å². The number of hydrogen-bond donors (Lipinski definition) is 1. The van der Waals surface area contributed by atoms with Gasteiger partial charge in [0.25, 0.3) is 0 Å². The van der Waals surface area contributed by atoms with Gasteiger partial charge in [0.15, 0.2) is 0 Å². The largest absolute Gasteiger partial charge is 0.376 e. The molecule has 0 radical (unpaired) electrons. The maximum Gasteiger partial charge on any atom is 0.0934 e. The van der Waals surface area contributed by atoms with Crippen LogP contribution in [0.5, 0.6) is 0 Å². The first-order valence-electron chi connectivity index (χ1n) is 6.24. The van der Waals surface area contributed by atoms with Gasteiger partial charge in [0, 0.05) is 9.35 Å².